The lowest BCUT2D eigenvalue weighted by molar-refractivity contribution is -0.136. The molecule has 4 heteroatoms. The topological polar surface area (TPSA) is 38.8 Å². The van der Waals surface area contributed by atoms with Crippen molar-refractivity contribution in [2.75, 3.05) is 26.9 Å². The van der Waals surface area contributed by atoms with Crippen LogP contribution in [0.25, 0.3) is 0 Å². The molecule has 0 N–H and O–H groups in total. The molecule has 84 valence electrons. The fourth-order valence-electron chi connectivity index (χ4n) is 2.32. The Bertz CT molecular complexity index is 298. The monoisotopic (exact) mass is 211 g/mol. The van der Waals surface area contributed by atoms with E-state index in [-0.39, 0.29) is 5.97 Å². The molecule has 0 radical (unpaired) electrons. The first-order valence-electron chi connectivity index (χ1n) is 5.36. The molecule has 0 aromatic rings. The molecule has 0 amide bonds. The summed E-state index contributed by atoms with van der Waals surface area (Å²) >= 11 is 0. The summed E-state index contributed by atoms with van der Waals surface area (Å²) in [6, 6.07) is 0.412. The molecular weight excluding hydrogens is 194 g/mol. The van der Waals surface area contributed by atoms with Gasteiger partial charge in [-0.15, -0.1) is 0 Å². The van der Waals surface area contributed by atoms with Gasteiger partial charge in [-0.05, 0) is 19.8 Å². The molecule has 1 saturated heterocycles. The summed E-state index contributed by atoms with van der Waals surface area (Å²) in [5.41, 5.74) is 1.82. The molecular formula is C11H17NO3. The number of cyclic esters (lactones) is 1. The number of hydrogen-bond acceptors (Lipinski definition) is 4. The van der Waals surface area contributed by atoms with Crippen molar-refractivity contribution < 1.29 is 14.3 Å². The maximum absolute atomic E-state index is 11.3. The lowest BCUT2D eigenvalue weighted by Crippen LogP contribution is -2.33. The number of nitrogens with zero attached hydrogens (tertiary/aromatic N) is 1. The Hall–Kier alpha value is -1.03. The lowest BCUT2D eigenvalue weighted by atomic mass is 10.2. The zero-order valence-corrected chi connectivity index (χ0v) is 9.28. The van der Waals surface area contributed by atoms with E-state index in [1.54, 1.807) is 7.11 Å². The van der Waals surface area contributed by atoms with E-state index >= 15 is 0 Å². The van der Waals surface area contributed by atoms with Gasteiger partial charge in [0.15, 0.2) is 0 Å². The van der Waals surface area contributed by atoms with Gasteiger partial charge >= 0.3 is 5.97 Å². The van der Waals surface area contributed by atoms with Gasteiger partial charge in [-0.2, -0.15) is 0 Å². The Morgan fingerprint density at radius 3 is 3.00 bits per heavy atom. The van der Waals surface area contributed by atoms with Gasteiger partial charge in [-0.25, -0.2) is 4.79 Å². The summed E-state index contributed by atoms with van der Waals surface area (Å²) < 4.78 is 10.2. The van der Waals surface area contributed by atoms with E-state index in [1.807, 2.05) is 6.92 Å². The third kappa shape index (κ3) is 1.86. The van der Waals surface area contributed by atoms with Crippen LogP contribution in [0.5, 0.6) is 0 Å². The molecule has 0 unspecified atom stereocenters. The number of likely N-dealkylation sites (tertiary alicyclic amines) is 1. The predicted molar refractivity (Wildman–Crippen MR) is 55.3 cm³/mol. The summed E-state index contributed by atoms with van der Waals surface area (Å²) in [7, 11) is 1.72. The maximum Gasteiger partial charge on any atom is 0.335 e. The van der Waals surface area contributed by atoms with Gasteiger partial charge < -0.3 is 14.4 Å². The molecule has 0 aliphatic carbocycles. The number of ether oxygens (including phenoxy) is 2. The second-order valence-electron chi connectivity index (χ2n) is 4.09. The van der Waals surface area contributed by atoms with Gasteiger partial charge in [-0.1, -0.05) is 0 Å². The molecule has 1 atom stereocenters. The number of hydrogen-bond donors (Lipinski definition) is 0. The molecule has 0 bridgehead atoms. The van der Waals surface area contributed by atoms with Gasteiger partial charge in [0.2, 0.25) is 0 Å². The molecule has 0 aromatic heterocycles. The molecule has 2 rings (SSSR count). The van der Waals surface area contributed by atoms with Crippen LogP contribution >= 0.6 is 0 Å². The molecule has 2 aliphatic heterocycles. The van der Waals surface area contributed by atoms with Gasteiger partial charge in [0.1, 0.15) is 6.61 Å². The highest BCUT2D eigenvalue weighted by Crippen LogP contribution is 2.27. The third-order valence-corrected chi connectivity index (χ3v) is 3.16. The van der Waals surface area contributed by atoms with Crippen molar-refractivity contribution in [3.8, 4) is 0 Å². The first kappa shape index (κ1) is 10.5. The molecule has 1 fully saturated rings. The van der Waals surface area contributed by atoms with Crippen LogP contribution in [0.15, 0.2) is 11.3 Å². The Morgan fingerprint density at radius 2 is 2.40 bits per heavy atom. The largest absolute Gasteiger partial charge is 0.456 e. The van der Waals surface area contributed by atoms with Crippen LogP contribution in [0.1, 0.15) is 19.8 Å². The number of methoxy groups -OCH3 is 1. The normalized spacial score (nSPS) is 26.4. The van der Waals surface area contributed by atoms with Crippen molar-refractivity contribution in [3.05, 3.63) is 11.3 Å². The fraction of sp³-hybridized carbons (Fsp3) is 0.727. The van der Waals surface area contributed by atoms with Crippen LogP contribution in [0.2, 0.25) is 0 Å². The minimum Gasteiger partial charge on any atom is -0.456 e. The second-order valence-corrected chi connectivity index (χ2v) is 4.09. The Balaban J connectivity index is 2.13. The van der Waals surface area contributed by atoms with Gasteiger partial charge in [0, 0.05) is 13.7 Å². The fourth-order valence-corrected chi connectivity index (χ4v) is 2.32. The van der Waals surface area contributed by atoms with Gasteiger partial charge in [0.25, 0.3) is 0 Å². The predicted octanol–water partition coefficient (Wildman–Crippen LogP) is 0.928. The van der Waals surface area contributed by atoms with Gasteiger partial charge in [-0.3, -0.25) is 0 Å². The highest BCUT2D eigenvalue weighted by molar-refractivity contribution is 5.90. The van der Waals surface area contributed by atoms with E-state index in [9.17, 15) is 4.79 Å². The average Bonchev–Trinajstić information content (AvgIpc) is 2.77. The summed E-state index contributed by atoms with van der Waals surface area (Å²) in [5.74, 6) is -0.173. The summed E-state index contributed by atoms with van der Waals surface area (Å²) in [5, 5.41) is 0. The van der Waals surface area contributed by atoms with Crippen molar-refractivity contribution in [2.45, 2.75) is 25.8 Å². The van der Waals surface area contributed by atoms with E-state index in [1.165, 1.54) is 6.42 Å². The number of carbonyl (C=O) groups is 1. The maximum atomic E-state index is 11.3. The highest BCUT2D eigenvalue weighted by Gasteiger charge is 2.32. The number of carbonyl (C=O) groups excluding carboxylic acids is 1. The minimum absolute atomic E-state index is 0.173. The van der Waals surface area contributed by atoms with Crippen molar-refractivity contribution in [1.82, 2.24) is 4.90 Å². The zero-order valence-electron chi connectivity index (χ0n) is 9.28. The van der Waals surface area contributed by atoms with Crippen molar-refractivity contribution in [3.63, 3.8) is 0 Å². The zero-order chi connectivity index (χ0) is 10.8. The standard InChI is InChI=1S/C11H17NO3/c1-8-10(7-15-11(8)13)12-5-3-4-9(12)6-14-2/h9H,3-7H2,1-2H3/t9-/m1/s1. The van der Waals surface area contributed by atoms with Crippen LogP contribution in [0.4, 0.5) is 0 Å². The molecule has 15 heavy (non-hydrogen) atoms. The van der Waals surface area contributed by atoms with Gasteiger partial charge in [0.05, 0.1) is 23.9 Å². The van der Waals surface area contributed by atoms with E-state index in [0.29, 0.717) is 12.6 Å². The summed E-state index contributed by atoms with van der Waals surface area (Å²) in [6.45, 7) is 4.01. The minimum atomic E-state index is -0.173. The Morgan fingerprint density at radius 1 is 1.60 bits per heavy atom. The molecule has 2 heterocycles. The Labute approximate surface area is 89.8 Å². The van der Waals surface area contributed by atoms with Crippen molar-refractivity contribution >= 4 is 5.97 Å². The highest BCUT2D eigenvalue weighted by atomic mass is 16.5. The number of rotatable bonds is 3. The molecule has 0 spiro atoms. The van der Waals surface area contributed by atoms with E-state index < -0.39 is 0 Å². The third-order valence-electron chi connectivity index (χ3n) is 3.16. The van der Waals surface area contributed by atoms with E-state index in [0.717, 1.165) is 30.8 Å². The van der Waals surface area contributed by atoms with Crippen LogP contribution < -0.4 is 0 Å². The quantitative estimate of drug-likeness (QED) is 0.651. The molecule has 2 aliphatic rings. The SMILES string of the molecule is COC[C@H]1CCCN1C1=C(C)C(=O)OC1. The first-order chi connectivity index (χ1) is 7.24. The van der Waals surface area contributed by atoms with Crippen LogP contribution in [-0.4, -0.2) is 43.8 Å². The lowest BCUT2D eigenvalue weighted by Gasteiger charge is -2.26. The van der Waals surface area contributed by atoms with Crippen LogP contribution in [-0.2, 0) is 14.3 Å². The van der Waals surface area contributed by atoms with Crippen molar-refractivity contribution in [1.29, 1.82) is 0 Å². The van der Waals surface area contributed by atoms with Crippen LogP contribution in [0.3, 0.4) is 0 Å². The van der Waals surface area contributed by atoms with Crippen LogP contribution in [0, 0.1) is 0 Å². The molecule has 4 nitrogen and oxygen atoms in total. The van der Waals surface area contributed by atoms with E-state index in [4.69, 9.17) is 9.47 Å². The van der Waals surface area contributed by atoms with Crippen molar-refractivity contribution in [2.24, 2.45) is 0 Å². The summed E-state index contributed by atoms with van der Waals surface area (Å²) in [4.78, 5) is 13.5. The molecule has 0 aromatic carbocycles. The number of esters is 1. The Kier molecular flexibility index (Phi) is 2.95. The van der Waals surface area contributed by atoms with E-state index in [2.05, 4.69) is 4.90 Å². The second kappa shape index (κ2) is 4.23. The smallest absolute Gasteiger partial charge is 0.335 e. The average molecular weight is 211 g/mol. The first-order valence-corrected chi connectivity index (χ1v) is 5.36. The summed E-state index contributed by atoms with van der Waals surface area (Å²) in [6.07, 6.45) is 2.30. The molecule has 0 saturated carbocycles.